The molecule has 2 amide bonds. The average Bonchev–Trinajstić information content (AvgIpc) is 2.73. The summed E-state index contributed by atoms with van der Waals surface area (Å²) < 4.78 is 11.2. The number of benzene rings is 2. The van der Waals surface area contributed by atoms with E-state index in [1.807, 2.05) is 18.2 Å². The lowest BCUT2D eigenvalue weighted by atomic mass is 9.96. The summed E-state index contributed by atoms with van der Waals surface area (Å²) in [4.78, 5) is 37.6. The second-order valence-electron chi connectivity index (χ2n) is 9.03. The van der Waals surface area contributed by atoms with Crippen molar-refractivity contribution in [1.29, 1.82) is 0 Å². The van der Waals surface area contributed by atoms with Crippen LogP contribution in [0.4, 0.5) is 4.79 Å². The van der Waals surface area contributed by atoms with Gasteiger partial charge in [0.25, 0.3) is 5.91 Å². The predicted octanol–water partition coefficient (Wildman–Crippen LogP) is 4.62. The van der Waals surface area contributed by atoms with Crippen molar-refractivity contribution in [2.45, 2.75) is 58.2 Å². The fourth-order valence-corrected chi connectivity index (χ4v) is 3.72. The van der Waals surface area contributed by atoms with E-state index in [1.165, 1.54) is 6.92 Å². The van der Waals surface area contributed by atoms with Gasteiger partial charge < -0.3 is 20.1 Å². The Morgan fingerprint density at radius 3 is 2.48 bits per heavy atom. The Bertz CT molecular complexity index is 1030. The van der Waals surface area contributed by atoms with Gasteiger partial charge in [-0.1, -0.05) is 35.9 Å². The highest BCUT2D eigenvalue weighted by atomic mass is 35.5. The molecule has 8 heteroatoms. The molecule has 0 radical (unpaired) electrons. The summed E-state index contributed by atoms with van der Waals surface area (Å²) in [6, 6.07) is 11.3. The lowest BCUT2D eigenvalue weighted by molar-refractivity contribution is -0.118. The molecule has 0 saturated carbocycles. The third kappa shape index (κ3) is 6.71. The molecule has 0 bridgehead atoms. The number of para-hydroxylation sites is 1. The molecule has 1 aliphatic heterocycles. The maximum absolute atomic E-state index is 13.1. The zero-order valence-corrected chi connectivity index (χ0v) is 20.0. The zero-order chi connectivity index (χ0) is 24.2. The van der Waals surface area contributed by atoms with E-state index >= 15 is 0 Å². The van der Waals surface area contributed by atoms with Gasteiger partial charge in [0.1, 0.15) is 11.4 Å². The number of ketones is 1. The first-order valence-electron chi connectivity index (χ1n) is 10.8. The van der Waals surface area contributed by atoms with Crippen LogP contribution in [0.3, 0.4) is 0 Å². The van der Waals surface area contributed by atoms with E-state index < -0.39 is 23.6 Å². The SMILES string of the molecule is CC(=O)[C@H](Cc1ccc(Cl)cc1)NC(=O)c1cccc2c1OCC[C@@H]2NC(=O)OC(C)(C)C. The summed E-state index contributed by atoms with van der Waals surface area (Å²) >= 11 is 5.93. The number of hydrogen-bond acceptors (Lipinski definition) is 5. The van der Waals surface area contributed by atoms with Crippen LogP contribution in [0.2, 0.25) is 5.02 Å². The van der Waals surface area contributed by atoms with E-state index in [0.29, 0.717) is 41.3 Å². The number of nitrogens with one attached hydrogen (secondary N) is 2. The third-order valence-electron chi connectivity index (χ3n) is 5.16. The Kier molecular flexibility index (Phi) is 7.64. The number of hydrogen-bond donors (Lipinski definition) is 2. The Hall–Kier alpha value is -3.06. The molecule has 0 unspecified atom stereocenters. The van der Waals surface area contributed by atoms with Crippen LogP contribution < -0.4 is 15.4 Å². The van der Waals surface area contributed by atoms with Crippen molar-refractivity contribution in [3.8, 4) is 5.75 Å². The molecule has 2 atom stereocenters. The zero-order valence-electron chi connectivity index (χ0n) is 19.2. The van der Waals surface area contributed by atoms with Crippen LogP contribution in [0.1, 0.15) is 61.6 Å². The van der Waals surface area contributed by atoms with Crippen molar-refractivity contribution in [1.82, 2.24) is 10.6 Å². The Morgan fingerprint density at radius 1 is 1.15 bits per heavy atom. The van der Waals surface area contributed by atoms with Gasteiger partial charge >= 0.3 is 6.09 Å². The third-order valence-corrected chi connectivity index (χ3v) is 5.41. The van der Waals surface area contributed by atoms with Gasteiger partial charge in [0.15, 0.2) is 5.78 Å². The summed E-state index contributed by atoms with van der Waals surface area (Å²) in [5, 5.41) is 6.28. The standard InChI is InChI=1S/C25H29ClN2O5/c1-15(29)21(14-16-8-10-17(26)11-9-16)27-23(30)19-7-5-6-18-20(12-13-32-22(18)19)28-24(31)33-25(2,3)4/h5-11,20-21H,12-14H2,1-4H3,(H,27,30)(H,28,31)/t20-,21-/m0/s1. The molecule has 2 aromatic rings. The van der Waals surface area contributed by atoms with Gasteiger partial charge in [0.05, 0.1) is 24.3 Å². The largest absolute Gasteiger partial charge is 0.492 e. The molecule has 33 heavy (non-hydrogen) atoms. The molecule has 3 rings (SSSR count). The lowest BCUT2D eigenvalue weighted by Gasteiger charge is -2.29. The van der Waals surface area contributed by atoms with Gasteiger partial charge in [-0.25, -0.2) is 4.79 Å². The maximum atomic E-state index is 13.1. The van der Waals surface area contributed by atoms with E-state index in [1.54, 1.807) is 45.0 Å². The minimum Gasteiger partial charge on any atom is -0.492 e. The highest BCUT2D eigenvalue weighted by molar-refractivity contribution is 6.30. The second kappa shape index (κ2) is 10.3. The van der Waals surface area contributed by atoms with Crippen LogP contribution in [0.15, 0.2) is 42.5 Å². The van der Waals surface area contributed by atoms with Crippen molar-refractivity contribution < 1.29 is 23.9 Å². The number of rotatable bonds is 6. The van der Waals surface area contributed by atoms with Crippen LogP contribution in [0, 0.1) is 0 Å². The van der Waals surface area contributed by atoms with E-state index in [9.17, 15) is 14.4 Å². The van der Waals surface area contributed by atoms with Crippen LogP contribution in [0.5, 0.6) is 5.75 Å². The van der Waals surface area contributed by atoms with Crippen molar-refractivity contribution in [3.05, 3.63) is 64.2 Å². The molecular formula is C25H29ClN2O5. The van der Waals surface area contributed by atoms with Gasteiger partial charge in [-0.2, -0.15) is 0 Å². The van der Waals surface area contributed by atoms with Gasteiger partial charge in [-0.3, -0.25) is 9.59 Å². The Balaban J connectivity index is 1.77. The van der Waals surface area contributed by atoms with Crippen molar-refractivity contribution in [2.24, 2.45) is 0 Å². The minimum absolute atomic E-state index is 0.159. The molecule has 0 fully saturated rings. The first-order valence-corrected chi connectivity index (χ1v) is 11.2. The van der Waals surface area contributed by atoms with Gasteiger partial charge in [0.2, 0.25) is 0 Å². The molecule has 1 aliphatic rings. The number of ether oxygens (including phenoxy) is 2. The molecular weight excluding hydrogens is 444 g/mol. The first kappa shape index (κ1) is 24.6. The fourth-order valence-electron chi connectivity index (χ4n) is 3.59. The second-order valence-corrected chi connectivity index (χ2v) is 9.46. The van der Waals surface area contributed by atoms with Gasteiger partial charge in [0, 0.05) is 17.0 Å². The molecule has 0 aromatic heterocycles. The van der Waals surface area contributed by atoms with Gasteiger partial charge in [-0.15, -0.1) is 0 Å². The minimum atomic E-state index is -0.700. The summed E-state index contributed by atoms with van der Waals surface area (Å²) in [6.07, 6.45) is 0.357. The summed E-state index contributed by atoms with van der Waals surface area (Å²) in [6.45, 7) is 7.16. The van der Waals surface area contributed by atoms with E-state index in [0.717, 1.165) is 5.56 Å². The molecule has 1 heterocycles. The van der Waals surface area contributed by atoms with Crippen molar-refractivity contribution >= 4 is 29.4 Å². The van der Waals surface area contributed by atoms with Crippen molar-refractivity contribution in [3.63, 3.8) is 0 Å². The number of fused-ring (bicyclic) bond motifs is 1. The molecule has 7 nitrogen and oxygen atoms in total. The molecule has 0 aliphatic carbocycles. The summed E-state index contributed by atoms with van der Waals surface area (Å²) in [5.74, 6) is -0.177. The van der Waals surface area contributed by atoms with Crippen molar-refractivity contribution in [2.75, 3.05) is 6.61 Å². The highest BCUT2D eigenvalue weighted by Crippen LogP contribution is 2.35. The number of alkyl carbamates (subject to hydrolysis) is 1. The first-order chi connectivity index (χ1) is 15.5. The molecule has 176 valence electrons. The number of halogens is 1. The Labute approximate surface area is 198 Å². The van der Waals surface area contributed by atoms with Crippen LogP contribution in [-0.2, 0) is 16.0 Å². The summed E-state index contributed by atoms with van der Waals surface area (Å²) in [5.41, 5.74) is 1.27. The van der Waals surface area contributed by atoms with E-state index in [4.69, 9.17) is 21.1 Å². The highest BCUT2D eigenvalue weighted by Gasteiger charge is 2.29. The number of Topliss-reactive ketones (excluding diaryl/α,β-unsaturated/α-hetero) is 1. The maximum Gasteiger partial charge on any atom is 0.408 e. The lowest BCUT2D eigenvalue weighted by Crippen LogP contribution is -2.42. The fraction of sp³-hybridized carbons (Fsp3) is 0.400. The van der Waals surface area contributed by atoms with E-state index in [2.05, 4.69) is 10.6 Å². The normalized spacial score (nSPS) is 16.1. The molecule has 0 saturated heterocycles. The number of carbonyl (C=O) groups is 3. The number of amides is 2. The van der Waals surface area contributed by atoms with Crippen LogP contribution in [-0.4, -0.2) is 36.0 Å². The monoisotopic (exact) mass is 472 g/mol. The van der Waals surface area contributed by atoms with Crippen LogP contribution >= 0.6 is 11.6 Å². The average molecular weight is 473 g/mol. The van der Waals surface area contributed by atoms with Gasteiger partial charge in [-0.05, 0) is 57.9 Å². The molecule has 0 spiro atoms. The quantitative estimate of drug-likeness (QED) is 0.639. The summed E-state index contributed by atoms with van der Waals surface area (Å²) in [7, 11) is 0. The predicted molar refractivity (Wildman–Crippen MR) is 126 cm³/mol. The smallest absolute Gasteiger partial charge is 0.408 e. The van der Waals surface area contributed by atoms with E-state index in [-0.39, 0.29) is 11.8 Å². The molecule has 2 N–H and O–H groups in total. The van der Waals surface area contributed by atoms with Crippen LogP contribution in [0.25, 0.3) is 0 Å². The Morgan fingerprint density at radius 2 is 1.85 bits per heavy atom. The number of carbonyl (C=O) groups excluding carboxylic acids is 3. The topological polar surface area (TPSA) is 93.7 Å². The molecule has 2 aromatic carbocycles.